The quantitative estimate of drug-likeness (QED) is 0.349. The van der Waals surface area contributed by atoms with Gasteiger partial charge in [0.1, 0.15) is 0 Å². The third kappa shape index (κ3) is 7.94. The van der Waals surface area contributed by atoms with Crippen molar-refractivity contribution < 1.29 is 19.7 Å². The van der Waals surface area contributed by atoms with E-state index >= 15 is 0 Å². The van der Waals surface area contributed by atoms with Crippen molar-refractivity contribution in [3.05, 3.63) is 12.2 Å². The van der Waals surface area contributed by atoms with Gasteiger partial charge in [-0.15, -0.1) is 0 Å². The van der Waals surface area contributed by atoms with Crippen LogP contribution in [0.3, 0.4) is 0 Å². The standard InChI is InChI=1S/C13H24O4/c1-11(13(16)17-2)12(15)9-7-5-3-4-6-8-10-14/h12,14-15H,1,3-10H2,2H3. The number of esters is 1. The summed E-state index contributed by atoms with van der Waals surface area (Å²) in [6.45, 7) is 3.77. The van der Waals surface area contributed by atoms with E-state index < -0.39 is 12.1 Å². The Bertz CT molecular complexity index is 225. The Hall–Kier alpha value is -0.870. The van der Waals surface area contributed by atoms with E-state index in [2.05, 4.69) is 11.3 Å². The fourth-order valence-electron chi connectivity index (χ4n) is 1.60. The molecule has 2 N–H and O–H groups in total. The van der Waals surface area contributed by atoms with Gasteiger partial charge in [0.2, 0.25) is 0 Å². The molecule has 0 spiro atoms. The van der Waals surface area contributed by atoms with Gasteiger partial charge in [-0.1, -0.05) is 38.7 Å². The van der Waals surface area contributed by atoms with Crippen LogP contribution < -0.4 is 0 Å². The normalized spacial score (nSPS) is 12.2. The summed E-state index contributed by atoms with van der Waals surface area (Å²) < 4.78 is 4.48. The highest BCUT2D eigenvalue weighted by molar-refractivity contribution is 5.88. The van der Waals surface area contributed by atoms with Crippen LogP contribution in [-0.4, -0.2) is 36.0 Å². The first-order valence-corrected chi connectivity index (χ1v) is 6.19. The number of rotatable bonds is 10. The first-order valence-electron chi connectivity index (χ1n) is 6.19. The van der Waals surface area contributed by atoms with E-state index in [4.69, 9.17) is 5.11 Å². The van der Waals surface area contributed by atoms with Crippen molar-refractivity contribution in [3.63, 3.8) is 0 Å². The van der Waals surface area contributed by atoms with Crippen molar-refractivity contribution in [2.24, 2.45) is 0 Å². The molecular formula is C13H24O4. The monoisotopic (exact) mass is 244 g/mol. The van der Waals surface area contributed by atoms with Crippen LogP contribution in [0.4, 0.5) is 0 Å². The van der Waals surface area contributed by atoms with Gasteiger partial charge >= 0.3 is 5.97 Å². The van der Waals surface area contributed by atoms with Crippen LogP contribution in [0.2, 0.25) is 0 Å². The average molecular weight is 244 g/mol. The van der Waals surface area contributed by atoms with Crippen LogP contribution in [0.25, 0.3) is 0 Å². The van der Waals surface area contributed by atoms with Crippen LogP contribution in [0.5, 0.6) is 0 Å². The van der Waals surface area contributed by atoms with Gasteiger partial charge in [-0.05, 0) is 12.8 Å². The number of unbranched alkanes of at least 4 members (excludes halogenated alkanes) is 5. The lowest BCUT2D eigenvalue weighted by Gasteiger charge is -2.11. The van der Waals surface area contributed by atoms with E-state index in [1.54, 1.807) is 0 Å². The summed E-state index contributed by atoms with van der Waals surface area (Å²) in [7, 11) is 1.28. The molecular weight excluding hydrogens is 220 g/mol. The maximum absolute atomic E-state index is 11.1. The number of hydrogen-bond donors (Lipinski definition) is 2. The Balaban J connectivity index is 3.48. The van der Waals surface area contributed by atoms with Crippen LogP contribution in [0, 0.1) is 0 Å². The zero-order chi connectivity index (χ0) is 13.1. The molecule has 0 aliphatic heterocycles. The first kappa shape index (κ1) is 16.1. The molecule has 0 amide bonds. The Kier molecular flexibility index (Phi) is 9.77. The molecule has 0 heterocycles. The van der Waals surface area contributed by atoms with Crippen LogP contribution in [0.1, 0.15) is 44.9 Å². The summed E-state index contributed by atoms with van der Waals surface area (Å²) in [4.78, 5) is 11.1. The fraction of sp³-hybridized carbons (Fsp3) is 0.769. The Morgan fingerprint density at radius 1 is 1.18 bits per heavy atom. The van der Waals surface area contributed by atoms with E-state index in [0.717, 1.165) is 38.5 Å². The first-order chi connectivity index (χ1) is 8.13. The third-order valence-electron chi connectivity index (χ3n) is 2.74. The Labute approximate surface area is 103 Å². The average Bonchev–Trinajstić information content (AvgIpc) is 2.35. The number of methoxy groups -OCH3 is 1. The summed E-state index contributed by atoms with van der Waals surface area (Å²) in [6.07, 6.45) is 5.77. The molecule has 100 valence electrons. The summed E-state index contributed by atoms with van der Waals surface area (Å²) in [5.74, 6) is -0.541. The van der Waals surface area contributed by atoms with Gasteiger partial charge in [0, 0.05) is 6.61 Å². The number of hydrogen-bond acceptors (Lipinski definition) is 4. The SMILES string of the molecule is C=C(C(=O)OC)C(O)CCCCCCCCO. The minimum Gasteiger partial charge on any atom is -0.466 e. The largest absolute Gasteiger partial charge is 0.466 e. The molecule has 0 fully saturated rings. The van der Waals surface area contributed by atoms with Gasteiger partial charge in [-0.3, -0.25) is 0 Å². The molecule has 0 aromatic rings. The second-order valence-electron chi connectivity index (χ2n) is 4.17. The molecule has 0 saturated carbocycles. The molecule has 0 radical (unpaired) electrons. The second-order valence-corrected chi connectivity index (χ2v) is 4.17. The molecule has 17 heavy (non-hydrogen) atoms. The van der Waals surface area contributed by atoms with E-state index in [9.17, 15) is 9.90 Å². The lowest BCUT2D eigenvalue weighted by Crippen LogP contribution is -2.18. The molecule has 0 aliphatic rings. The molecule has 0 bridgehead atoms. The number of carbonyl (C=O) groups is 1. The van der Waals surface area contributed by atoms with Crippen molar-refractivity contribution in [3.8, 4) is 0 Å². The smallest absolute Gasteiger partial charge is 0.335 e. The molecule has 0 aromatic heterocycles. The van der Waals surface area contributed by atoms with E-state index in [0.29, 0.717) is 6.42 Å². The fourth-order valence-corrected chi connectivity index (χ4v) is 1.60. The Morgan fingerprint density at radius 2 is 1.71 bits per heavy atom. The number of aliphatic hydroxyl groups excluding tert-OH is 2. The van der Waals surface area contributed by atoms with Crippen LogP contribution in [0.15, 0.2) is 12.2 Å². The Morgan fingerprint density at radius 3 is 2.24 bits per heavy atom. The van der Waals surface area contributed by atoms with E-state index in [1.807, 2.05) is 0 Å². The van der Waals surface area contributed by atoms with Gasteiger partial charge in [0.15, 0.2) is 0 Å². The summed E-state index contributed by atoms with van der Waals surface area (Å²) in [5.41, 5.74) is 0.132. The lowest BCUT2D eigenvalue weighted by atomic mass is 10.0. The van der Waals surface area contributed by atoms with Gasteiger partial charge in [0.25, 0.3) is 0 Å². The summed E-state index contributed by atoms with van der Waals surface area (Å²) in [6, 6.07) is 0. The van der Waals surface area contributed by atoms with Crippen molar-refractivity contribution in [1.29, 1.82) is 0 Å². The minimum absolute atomic E-state index is 0.132. The molecule has 0 rings (SSSR count). The van der Waals surface area contributed by atoms with Crippen molar-refractivity contribution in [2.45, 2.75) is 51.0 Å². The lowest BCUT2D eigenvalue weighted by molar-refractivity contribution is -0.137. The molecule has 1 atom stereocenters. The maximum Gasteiger partial charge on any atom is 0.335 e. The highest BCUT2D eigenvalue weighted by Crippen LogP contribution is 2.13. The molecule has 4 nitrogen and oxygen atoms in total. The maximum atomic E-state index is 11.1. The van der Waals surface area contributed by atoms with Gasteiger partial charge in [-0.25, -0.2) is 4.79 Å². The predicted molar refractivity (Wildman–Crippen MR) is 66.6 cm³/mol. The highest BCUT2D eigenvalue weighted by Gasteiger charge is 2.16. The number of ether oxygens (including phenoxy) is 1. The van der Waals surface area contributed by atoms with Gasteiger partial charge < -0.3 is 14.9 Å². The van der Waals surface area contributed by atoms with Crippen molar-refractivity contribution >= 4 is 5.97 Å². The van der Waals surface area contributed by atoms with E-state index in [-0.39, 0.29) is 12.2 Å². The van der Waals surface area contributed by atoms with Gasteiger partial charge in [-0.2, -0.15) is 0 Å². The highest BCUT2D eigenvalue weighted by atomic mass is 16.5. The van der Waals surface area contributed by atoms with E-state index in [1.165, 1.54) is 7.11 Å². The van der Waals surface area contributed by atoms with Crippen molar-refractivity contribution in [1.82, 2.24) is 0 Å². The molecule has 0 aromatic carbocycles. The third-order valence-corrected chi connectivity index (χ3v) is 2.74. The molecule has 0 saturated heterocycles. The summed E-state index contributed by atoms with van der Waals surface area (Å²) in [5, 5.41) is 18.2. The molecule has 1 unspecified atom stereocenters. The van der Waals surface area contributed by atoms with Gasteiger partial charge in [0.05, 0.1) is 18.8 Å². The number of aliphatic hydroxyl groups is 2. The van der Waals surface area contributed by atoms with Crippen LogP contribution in [-0.2, 0) is 9.53 Å². The number of carbonyl (C=O) groups excluding carboxylic acids is 1. The van der Waals surface area contributed by atoms with Crippen LogP contribution >= 0.6 is 0 Å². The topological polar surface area (TPSA) is 66.8 Å². The minimum atomic E-state index is -0.792. The predicted octanol–water partition coefficient (Wildman–Crippen LogP) is 1.80. The van der Waals surface area contributed by atoms with Crippen molar-refractivity contribution in [2.75, 3.05) is 13.7 Å². The summed E-state index contributed by atoms with van der Waals surface area (Å²) >= 11 is 0. The molecule has 0 aliphatic carbocycles. The second kappa shape index (κ2) is 10.3. The molecule has 4 heteroatoms. The zero-order valence-electron chi connectivity index (χ0n) is 10.7. The zero-order valence-corrected chi connectivity index (χ0v) is 10.7.